The number of nitriles is 1. The van der Waals surface area contributed by atoms with Crippen molar-refractivity contribution >= 4 is 28.9 Å². The Bertz CT molecular complexity index is 694. The zero-order valence-corrected chi connectivity index (χ0v) is 11.4. The first-order valence-corrected chi connectivity index (χ1v) is 6.16. The number of hydrogen-bond donors (Lipinski definition) is 2. The highest BCUT2D eigenvalue weighted by Crippen LogP contribution is 2.24. The van der Waals surface area contributed by atoms with Crippen LogP contribution in [0.4, 0.5) is 11.4 Å². The average molecular weight is 287 g/mol. The summed E-state index contributed by atoms with van der Waals surface area (Å²) in [6, 6.07) is 8.28. The van der Waals surface area contributed by atoms with Crippen molar-refractivity contribution in [2.75, 3.05) is 17.7 Å². The van der Waals surface area contributed by atoms with E-state index >= 15 is 0 Å². The van der Waals surface area contributed by atoms with Crippen molar-refractivity contribution < 1.29 is 4.79 Å². The van der Waals surface area contributed by atoms with Gasteiger partial charge in [0, 0.05) is 13.2 Å². The number of nitrogens with zero attached hydrogens (tertiary/aromatic N) is 2. The summed E-state index contributed by atoms with van der Waals surface area (Å²) in [4.78, 5) is 16.2. The standard InChI is InChI=1S/C14H11ClN4O/c1-17-13-8-18-5-4-10(13)14(20)19-12-6-9(7-16)2-3-11(12)15/h2-6,8,17H,1H3,(H,19,20). The van der Waals surface area contributed by atoms with Crippen LogP contribution < -0.4 is 10.6 Å². The first kappa shape index (κ1) is 13.8. The van der Waals surface area contributed by atoms with Crippen molar-refractivity contribution in [2.45, 2.75) is 0 Å². The molecule has 2 aromatic rings. The summed E-state index contributed by atoms with van der Waals surface area (Å²) >= 11 is 6.01. The van der Waals surface area contributed by atoms with Gasteiger partial charge < -0.3 is 10.6 Å². The molecule has 1 aromatic heterocycles. The number of carbonyl (C=O) groups is 1. The van der Waals surface area contributed by atoms with Crippen molar-refractivity contribution in [1.82, 2.24) is 4.98 Å². The Labute approximate surface area is 121 Å². The summed E-state index contributed by atoms with van der Waals surface area (Å²) in [7, 11) is 1.71. The minimum atomic E-state index is -0.325. The lowest BCUT2D eigenvalue weighted by Gasteiger charge is -2.10. The van der Waals surface area contributed by atoms with E-state index in [4.69, 9.17) is 16.9 Å². The van der Waals surface area contributed by atoms with Gasteiger partial charge in [0.15, 0.2) is 0 Å². The molecule has 1 amide bonds. The predicted octanol–water partition coefficient (Wildman–Crippen LogP) is 2.90. The SMILES string of the molecule is CNc1cnccc1C(=O)Nc1cc(C#N)ccc1Cl. The summed E-state index contributed by atoms with van der Waals surface area (Å²) in [5, 5.41) is 14.8. The number of hydrogen-bond acceptors (Lipinski definition) is 4. The van der Waals surface area contributed by atoms with Crippen LogP contribution in [-0.4, -0.2) is 17.9 Å². The summed E-state index contributed by atoms with van der Waals surface area (Å²) < 4.78 is 0. The monoisotopic (exact) mass is 286 g/mol. The lowest BCUT2D eigenvalue weighted by molar-refractivity contribution is 0.102. The van der Waals surface area contributed by atoms with Crippen LogP contribution >= 0.6 is 11.6 Å². The highest BCUT2D eigenvalue weighted by Gasteiger charge is 2.12. The fraction of sp³-hybridized carbons (Fsp3) is 0.0714. The third kappa shape index (κ3) is 2.87. The maximum Gasteiger partial charge on any atom is 0.257 e. The fourth-order valence-electron chi connectivity index (χ4n) is 1.67. The molecular formula is C14H11ClN4O. The molecule has 0 spiro atoms. The number of aromatic nitrogens is 1. The van der Waals surface area contributed by atoms with Gasteiger partial charge >= 0.3 is 0 Å². The summed E-state index contributed by atoms with van der Waals surface area (Å²) in [6.07, 6.45) is 3.09. The molecular weight excluding hydrogens is 276 g/mol. The Kier molecular flexibility index (Phi) is 4.18. The molecule has 0 saturated heterocycles. The van der Waals surface area contributed by atoms with E-state index in [-0.39, 0.29) is 5.91 Å². The van der Waals surface area contributed by atoms with E-state index in [1.807, 2.05) is 6.07 Å². The molecule has 100 valence electrons. The number of benzene rings is 1. The largest absolute Gasteiger partial charge is 0.386 e. The van der Waals surface area contributed by atoms with Crippen LogP contribution in [0.3, 0.4) is 0 Å². The predicted molar refractivity (Wildman–Crippen MR) is 77.9 cm³/mol. The van der Waals surface area contributed by atoms with Crippen molar-refractivity contribution in [3.05, 3.63) is 52.8 Å². The van der Waals surface area contributed by atoms with Gasteiger partial charge in [-0.3, -0.25) is 9.78 Å². The maximum absolute atomic E-state index is 12.2. The van der Waals surface area contributed by atoms with Crippen LogP contribution in [0.1, 0.15) is 15.9 Å². The number of nitrogens with one attached hydrogen (secondary N) is 2. The maximum atomic E-state index is 12.2. The summed E-state index contributed by atoms with van der Waals surface area (Å²) in [6.45, 7) is 0. The molecule has 0 aliphatic carbocycles. The van der Waals surface area contributed by atoms with E-state index in [0.717, 1.165) is 0 Å². The molecule has 2 N–H and O–H groups in total. The van der Waals surface area contributed by atoms with Crippen LogP contribution in [-0.2, 0) is 0 Å². The van der Waals surface area contributed by atoms with Gasteiger partial charge in [-0.05, 0) is 24.3 Å². The van der Waals surface area contributed by atoms with Gasteiger partial charge in [0.1, 0.15) is 0 Å². The van der Waals surface area contributed by atoms with E-state index in [1.54, 1.807) is 31.4 Å². The molecule has 0 fully saturated rings. The summed E-state index contributed by atoms with van der Waals surface area (Å²) in [5.74, 6) is -0.325. The molecule has 6 heteroatoms. The highest BCUT2D eigenvalue weighted by atomic mass is 35.5. The molecule has 20 heavy (non-hydrogen) atoms. The Morgan fingerprint density at radius 2 is 2.15 bits per heavy atom. The number of amides is 1. The van der Waals surface area contributed by atoms with Gasteiger partial charge in [0.2, 0.25) is 0 Å². The molecule has 0 radical (unpaired) electrons. The minimum absolute atomic E-state index is 0.325. The first-order chi connectivity index (χ1) is 9.65. The van der Waals surface area contributed by atoms with Crippen molar-refractivity contribution in [3.63, 3.8) is 0 Å². The molecule has 1 heterocycles. The topological polar surface area (TPSA) is 77.8 Å². The Morgan fingerprint density at radius 1 is 1.35 bits per heavy atom. The van der Waals surface area contributed by atoms with Gasteiger partial charge in [-0.25, -0.2) is 0 Å². The molecule has 2 rings (SSSR count). The van der Waals surface area contributed by atoms with Gasteiger partial charge in [-0.15, -0.1) is 0 Å². The third-order valence-electron chi connectivity index (χ3n) is 2.68. The Morgan fingerprint density at radius 3 is 2.85 bits per heavy atom. The van der Waals surface area contributed by atoms with Crippen molar-refractivity contribution in [1.29, 1.82) is 5.26 Å². The molecule has 5 nitrogen and oxygen atoms in total. The molecule has 0 unspecified atom stereocenters. The van der Waals surface area contributed by atoms with E-state index in [2.05, 4.69) is 15.6 Å². The molecule has 1 aromatic carbocycles. The van der Waals surface area contributed by atoms with E-state index in [1.165, 1.54) is 12.3 Å². The number of halogens is 1. The lowest BCUT2D eigenvalue weighted by Crippen LogP contribution is -2.14. The fourth-order valence-corrected chi connectivity index (χ4v) is 1.84. The second kappa shape index (κ2) is 6.04. The van der Waals surface area contributed by atoms with Crippen molar-refractivity contribution in [3.8, 4) is 6.07 Å². The molecule has 0 atom stereocenters. The van der Waals surface area contributed by atoms with Crippen molar-refractivity contribution in [2.24, 2.45) is 0 Å². The van der Waals surface area contributed by atoms with Gasteiger partial charge in [-0.1, -0.05) is 11.6 Å². The van der Waals surface area contributed by atoms with Crippen LogP contribution in [0, 0.1) is 11.3 Å². The zero-order valence-electron chi connectivity index (χ0n) is 10.6. The van der Waals surface area contributed by atoms with E-state index in [9.17, 15) is 4.79 Å². The van der Waals surface area contributed by atoms with Crippen LogP contribution in [0.5, 0.6) is 0 Å². The van der Waals surface area contributed by atoms with Crippen LogP contribution in [0.25, 0.3) is 0 Å². The molecule has 0 aliphatic rings. The lowest BCUT2D eigenvalue weighted by atomic mass is 10.2. The van der Waals surface area contributed by atoms with Gasteiger partial charge in [0.05, 0.1) is 39.8 Å². The van der Waals surface area contributed by atoms with Gasteiger partial charge in [0.25, 0.3) is 5.91 Å². The first-order valence-electron chi connectivity index (χ1n) is 5.78. The molecule has 0 aliphatic heterocycles. The highest BCUT2D eigenvalue weighted by molar-refractivity contribution is 6.34. The number of anilines is 2. The Hall–Kier alpha value is -2.58. The quantitative estimate of drug-likeness (QED) is 0.909. The number of pyridine rings is 1. The second-order valence-corrected chi connectivity index (χ2v) is 4.34. The third-order valence-corrected chi connectivity index (χ3v) is 3.01. The zero-order chi connectivity index (χ0) is 14.5. The van der Waals surface area contributed by atoms with Crippen LogP contribution in [0.15, 0.2) is 36.7 Å². The molecule has 0 bridgehead atoms. The molecule has 0 saturated carbocycles. The van der Waals surface area contributed by atoms with E-state index < -0.39 is 0 Å². The number of carbonyl (C=O) groups excluding carboxylic acids is 1. The minimum Gasteiger partial charge on any atom is -0.386 e. The smallest absolute Gasteiger partial charge is 0.257 e. The second-order valence-electron chi connectivity index (χ2n) is 3.93. The van der Waals surface area contributed by atoms with E-state index in [0.29, 0.717) is 27.5 Å². The Balaban J connectivity index is 2.30. The normalized spacial score (nSPS) is 9.65. The van der Waals surface area contributed by atoms with Gasteiger partial charge in [-0.2, -0.15) is 5.26 Å². The number of rotatable bonds is 3. The summed E-state index contributed by atoms with van der Waals surface area (Å²) in [5.41, 5.74) is 1.88. The van der Waals surface area contributed by atoms with Crippen LogP contribution in [0.2, 0.25) is 5.02 Å². The average Bonchev–Trinajstić information content (AvgIpc) is 2.49.